The second-order valence-corrected chi connectivity index (χ2v) is 5.63. The molecule has 26 heavy (non-hydrogen) atoms. The van der Waals surface area contributed by atoms with E-state index in [4.69, 9.17) is 0 Å². The fraction of sp³-hybridized carbons (Fsp3) is 0.667. The highest BCUT2D eigenvalue weighted by Gasteiger charge is 2.35. The van der Waals surface area contributed by atoms with E-state index < -0.39 is 23.4 Å². The molecule has 1 atom stereocenters. The van der Waals surface area contributed by atoms with Crippen LogP contribution in [0.3, 0.4) is 0 Å². The standard InChI is InChI=1S/C15H27N5O6/c1-4-10(21)16-8-18-12(23)6-7-15(3,13(24)25)20-14(26)19-9-17-11(22)5-2/h4-9H2,1-3H3,(H,16,21)(H,17,22)(H,18,23)(H,24,25)(H2,19,20,26). The van der Waals surface area contributed by atoms with E-state index in [1.807, 2.05) is 0 Å². The lowest BCUT2D eigenvalue weighted by atomic mass is 9.96. The van der Waals surface area contributed by atoms with Crippen molar-refractivity contribution >= 4 is 29.7 Å². The Morgan fingerprint density at radius 1 is 0.808 bits per heavy atom. The first kappa shape index (κ1) is 23.1. The quantitative estimate of drug-likeness (QED) is 0.254. The Morgan fingerprint density at radius 2 is 1.27 bits per heavy atom. The van der Waals surface area contributed by atoms with E-state index in [0.29, 0.717) is 0 Å². The molecule has 0 spiro atoms. The van der Waals surface area contributed by atoms with Gasteiger partial charge in [-0.2, -0.15) is 0 Å². The number of rotatable bonds is 11. The van der Waals surface area contributed by atoms with E-state index in [1.165, 1.54) is 6.92 Å². The van der Waals surface area contributed by atoms with Gasteiger partial charge in [-0.15, -0.1) is 0 Å². The Labute approximate surface area is 151 Å². The van der Waals surface area contributed by atoms with Crippen molar-refractivity contribution in [3.63, 3.8) is 0 Å². The van der Waals surface area contributed by atoms with E-state index >= 15 is 0 Å². The summed E-state index contributed by atoms with van der Waals surface area (Å²) in [6.45, 7) is 4.38. The zero-order valence-electron chi connectivity index (χ0n) is 15.2. The number of hydrogen-bond acceptors (Lipinski definition) is 5. The zero-order chi connectivity index (χ0) is 20.2. The predicted octanol–water partition coefficient (Wildman–Crippen LogP) is -1.01. The van der Waals surface area contributed by atoms with Crippen molar-refractivity contribution in [3.8, 4) is 0 Å². The highest BCUT2D eigenvalue weighted by molar-refractivity contribution is 5.87. The van der Waals surface area contributed by atoms with Crippen LogP contribution in [0.25, 0.3) is 0 Å². The maximum atomic E-state index is 11.8. The molecule has 0 rings (SSSR count). The highest BCUT2D eigenvalue weighted by atomic mass is 16.4. The summed E-state index contributed by atoms with van der Waals surface area (Å²) in [5.74, 6) is -2.27. The van der Waals surface area contributed by atoms with E-state index in [0.717, 1.165) is 0 Å². The Hall–Kier alpha value is -2.85. The number of carboxylic acid groups (broad SMARTS) is 1. The normalized spacial score (nSPS) is 12.3. The molecule has 1 unspecified atom stereocenters. The van der Waals surface area contributed by atoms with Crippen molar-refractivity contribution in [2.24, 2.45) is 0 Å². The highest BCUT2D eigenvalue weighted by Crippen LogP contribution is 2.12. The molecule has 0 aliphatic heterocycles. The Kier molecular flexibility index (Phi) is 10.4. The molecule has 0 aliphatic rings. The van der Waals surface area contributed by atoms with Gasteiger partial charge >= 0.3 is 12.0 Å². The zero-order valence-corrected chi connectivity index (χ0v) is 15.2. The molecule has 0 aromatic heterocycles. The topological polar surface area (TPSA) is 166 Å². The van der Waals surface area contributed by atoms with E-state index in [-0.39, 0.29) is 50.8 Å². The maximum Gasteiger partial charge on any atom is 0.329 e. The molecule has 0 heterocycles. The summed E-state index contributed by atoms with van der Waals surface area (Å²) in [6, 6.07) is -0.790. The van der Waals surface area contributed by atoms with Crippen LogP contribution in [0.5, 0.6) is 0 Å². The predicted molar refractivity (Wildman–Crippen MR) is 91.7 cm³/mol. The van der Waals surface area contributed by atoms with Crippen LogP contribution in [-0.2, 0) is 19.2 Å². The van der Waals surface area contributed by atoms with Gasteiger partial charge in [0.05, 0.1) is 13.3 Å². The Morgan fingerprint density at radius 3 is 1.73 bits per heavy atom. The minimum atomic E-state index is -1.68. The van der Waals surface area contributed by atoms with E-state index in [1.54, 1.807) is 13.8 Å². The van der Waals surface area contributed by atoms with Crippen molar-refractivity contribution < 1.29 is 29.1 Å². The molecule has 0 radical (unpaired) electrons. The van der Waals surface area contributed by atoms with Crippen LogP contribution in [0.4, 0.5) is 4.79 Å². The van der Waals surface area contributed by atoms with Gasteiger partial charge in [0, 0.05) is 19.3 Å². The Bertz CT molecular complexity index is 539. The second-order valence-electron chi connectivity index (χ2n) is 5.63. The van der Waals surface area contributed by atoms with Crippen LogP contribution in [0, 0.1) is 0 Å². The number of hydrogen-bond donors (Lipinski definition) is 6. The summed E-state index contributed by atoms with van der Waals surface area (Å²) in [5, 5.41) is 21.2. The largest absolute Gasteiger partial charge is 0.480 e. The molecular formula is C15H27N5O6. The molecule has 0 aromatic rings. The van der Waals surface area contributed by atoms with E-state index in [9.17, 15) is 29.1 Å². The molecule has 11 heteroatoms. The molecule has 0 aromatic carbocycles. The molecule has 6 N–H and O–H groups in total. The minimum Gasteiger partial charge on any atom is -0.480 e. The summed E-state index contributed by atoms with van der Waals surface area (Å²) in [6.07, 6.45) is 0.205. The second kappa shape index (κ2) is 11.7. The van der Waals surface area contributed by atoms with Gasteiger partial charge < -0.3 is 31.7 Å². The molecule has 11 nitrogen and oxygen atoms in total. The lowest BCUT2D eigenvalue weighted by Crippen LogP contribution is -2.56. The number of carboxylic acids is 1. The van der Waals surface area contributed by atoms with Gasteiger partial charge in [0.1, 0.15) is 5.54 Å². The summed E-state index contributed by atoms with van der Waals surface area (Å²) < 4.78 is 0. The monoisotopic (exact) mass is 373 g/mol. The first-order valence-electron chi connectivity index (χ1n) is 8.24. The van der Waals surface area contributed by atoms with Crippen LogP contribution in [0.1, 0.15) is 46.5 Å². The average Bonchev–Trinajstić information content (AvgIpc) is 2.59. The first-order chi connectivity index (χ1) is 12.1. The number of carbonyl (C=O) groups excluding carboxylic acids is 4. The molecule has 0 aliphatic carbocycles. The fourth-order valence-corrected chi connectivity index (χ4v) is 1.68. The van der Waals surface area contributed by atoms with Gasteiger partial charge in [-0.05, 0) is 13.3 Å². The van der Waals surface area contributed by atoms with Crippen molar-refractivity contribution in [1.29, 1.82) is 0 Å². The van der Waals surface area contributed by atoms with Gasteiger partial charge in [0.2, 0.25) is 17.7 Å². The molecule has 148 valence electrons. The SMILES string of the molecule is CCC(=O)NCNC(=O)CCC(C)(NC(=O)NCNC(=O)CC)C(=O)O. The third kappa shape index (κ3) is 9.45. The fourth-order valence-electron chi connectivity index (χ4n) is 1.68. The molecule has 0 fully saturated rings. The van der Waals surface area contributed by atoms with Gasteiger partial charge in [-0.1, -0.05) is 13.8 Å². The number of carbonyl (C=O) groups is 5. The molecule has 0 saturated carbocycles. The molecule has 5 amide bonds. The maximum absolute atomic E-state index is 11.8. The van der Waals surface area contributed by atoms with Crippen LogP contribution < -0.4 is 26.6 Å². The van der Waals surface area contributed by atoms with E-state index in [2.05, 4.69) is 26.6 Å². The van der Waals surface area contributed by atoms with Crippen LogP contribution >= 0.6 is 0 Å². The number of urea groups is 1. The summed E-state index contributed by atoms with van der Waals surface area (Å²) in [4.78, 5) is 57.0. The molecule has 0 saturated heterocycles. The summed E-state index contributed by atoms with van der Waals surface area (Å²) in [7, 11) is 0. The lowest BCUT2D eigenvalue weighted by Gasteiger charge is -2.26. The van der Waals surface area contributed by atoms with Crippen LogP contribution in [-0.4, -0.2) is 53.7 Å². The third-order valence-electron chi connectivity index (χ3n) is 3.46. The van der Waals surface area contributed by atoms with Gasteiger partial charge in [0.25, 0.3) is 0 Å². The smallest absolute Gasteiger partial charge is 0.329 e. The van der Waals surface area contributed by atoms with Crippen molar-refractivity contribution in [3.05, 3.63) is 0 Å². The summed E-state index contributed by atoms with van der Waals surface area (Å²) >= 11 is 0. The van der Waals surface area contributed by atoms with Crippen LogP contribution in [0.15, 0.2) is 0 Å². The van der Waals surface area contributed by atoms with Gasteiger partial charge in [0.15, 0.2) is 0 Å². The first-order valence-corrected chi connectivity index (χ1v) is 8.24. The molecular weight excluding hydrogens is 346 g/mol. The van der Waals surface area contributed by atoms with Crippen molar-refractivity contribution in [2.75, 3.05) is 13.3 Å². The van der Waals surface area contributed by atoms with Gasteiger partial charge in [-0.25, -0.2) is 9.59 Å². The number of aliphatic carboxylic acids is 1. The summed E-state index contributed by atoms with van der Waals surface area (Å²) in [5.41, 5.74) is -1.68. The van der Waals surface area contributed by atoms with Crippen molar-refractivity contribution in [1.82, 2.24) is 26.6 Å². The number of amides is 5. The number of nitrogens with one attached hydrogen (secondary N) is 5. The Balaban J connectivity index is 4.40. The molecule has 0 bridgehead atoms. The van der Waals surface area contributed by atoms with Gasteiger partial charge in [-0.3, -0.25) is 14.4 Å². The van der Waals surface area contributed by atoms with Crippen molar-refractivity contribution in [2.45, 2.75) is 52.0 Å². The third-order valence-corrected chi connectivity index (χ3v) is 3.46. The average molecular weight is 373 g/mol. The lowest BCUT2D eigenvalue weighted by molar-refractivity contribution is -0.144. The van der Waals surface area contributed by atoms with Crippen LogP contribution in [0.2, 0.25) is 0 Å². The minimum absolute atomic E-state index is 0.0552.